The van der Waals surface area contributed by atoms with E-state index < -0.39 is 0 Å². The van der Waals surface area contributed by atoms with Crippen LogP contribution in [0.3, 0.4) is 0 Å². The van der Waals surface area contributed by atoms with Crippen LogP contribution in [0.1, 0.15) is 12.5 Å². The van der Waals surface area contributed by atoms with Crippen LogP contribution in [0.4, 0.5) is 10.5 Å². The Hall–Kier alpha value is -1.77. The summed E-state index contributed by atoms with van der Waals surface area (Å²) in [5.74, 6) is 0. The van der Waals surface area contributed by atoms with Crippen molar-refractivity contribution in [1.29, 1.82) is 0 Å². The minimum Gasteiger partial charge on any atom is -0.315 e. The third kappa shape index (κ3) is 2.84. The van der Waals surface area contributed by atoms with Gasteiger partial charge in [0.25, 0.3) is 0 Å². The van der Waals surface area contributed by atoms with Crippen molar-refractivity contribution in [3.8, 4) is 0 Å². The largest absolute Gasteiger partial charge is 0.325 e. The molecule has 0 heterocycles. The van der Waals surface area contributed by atoms with E-state index in [9.17, 15) is 4.79 Å². The lowest BCUT2D eigenvalue weighted by Crippen LogP contribution is -2.37. The van der Waals surface area contributed by atoms with Gasteiger partial charge in [-0.15, -0.1) is 0 Å². The van der Waals surface area contributed by atoms with Crippen LogP contribution in [0.15, 0.2) is 37.0 Å². The highest BCUT2D eigenvalue weighted by atomic mass is 16.2. The molecule has 1 N–H and O–H groups in total. The second kappa shape index (κ2) is 5.20. The Morgan fingerprint density at radius 2 is 2.33 bits per heavy atom. The molecule has 3 nitrogen and oxygen atoms in total. The zero-order valence-electron chi connectivity index (χ0n) is 9.16. The fourth-order valence-corrected chi connectivity index (χ4v) is 1.40. The van der Waals surface area contributed by atoms with Crippen molar-refractivity contribution in [2.24, 2.45) is 0 Å². The Morgan fingerprint density at radius 3 is 2.87 bits per heavy atom. The van der Waals surface area contributed by atoms with Gasteiger partial charge in [0.2, 0.25) is 0 Å². The van der Waals surface area contributed by atoms with Crippen LogP contribution in [0, 0.1) is 6.92 Å². The van der Waals surface area contributed by atoms with Crippen molar-refractivity contribution < 1.29 is 4.79 Å². The van der Waals surface area contributed by atoms with Gasteiger partial charge in [-0.05, 0) is 37.7 Å². The Balaban J connectivity index is 2.91. The number of carbonyl (C=O) groups excluding carboxylic acids is 1. The number of urea groups is 1. The number of hydrogen-bond donors (Lipinski definition) is 1. The zero-order valence-corrected chi connectivity index (χ0v) is 9.16. The van der Waals surface area contributed by atoms with Gasteiger partial charge >= 0.3 is 6.03 Å². The van der Waals surface area contributed by atoms with Crippen molar-refractivity contribution in [3.63, 3.8) is 0 Å². The molecule has 0 atom stereocenters. The molecule has 0 saturated heterocycles. The standard InChI is InChI=1S/C12H16N2O/c1-4-13-12(15)14(5-2)11-8-6-7-10(3)9-11/h4,6-9H,1,5H2,2-3H3,(H,13,15). The molecule has 15 heavy (non-hydrogen) atoms. The molecular weight excluding hydrogens is 188 g/mol. The fourth-order valence-electron chi connectivity index (χ4n) is 1.40. The maximum atomic E-state index is 11.6. The van der Waals surface area contributed by atoms with E-state index >= 15 is 0 Å². The lowest BCUT2D eigenvalue weighted by Gasteiger charge is -2.20. The third-order valence-electron chi connectivity index (χ3n) is 2.10. The van der Waals surface area contributed by atoms with E-state index in [0.29, 0.717) is 6.54 Å². The summed E-state index contributed by atoms with van der Waals surface area (Å²) in [5.41, 5.74) is 2.04. The summed E-state index contributed by atoms with van der Waals surface area (Å²) in [7, 11) is 0. The first-order valence-electron chi connectivity index (χ1n) is 4.94. The monoisotopic (exact) mass is 204 g/mol. The molecule has 2 amide bonds. The predicted molar refractivity (Wildman–Crippen MR) is 62.9 cm³/mol. The first-order chi connectivity index (χ1) is 7.19. The van der Waals surface area contributed by atoms with Crippen molar-refractivity contribution in [2.75, 3.05) is 11.4 Å². The first-order valence-corrected chi connectivity index (χ1v) is 4.94. The fraction of sp³-hybridized carbons (Fsp3) is 0.250. The highest BCUT2D eigenvalue weighted by molar-refractivity contribution is 5.92. The summed E-state index contributed by atoms with van der Waals surface area (Å²) in [6.45, 7) is 8.04. The van der Waals surface area contributed by atoms with Gasteiger partial charge in [0.1, 0.15) is 0 Å². The Morgan fingerprint density at radius 1 is 1.60 bits per heavy atom. The molecule has 0 radical (unpaired) electrons. The Bertz CT molecular complexity index is 360. The van der Waals surface area contributed by atoms with Gasteiger partial charge in [-0.25, -0.2) is 4.79 Å². The molecule has 0 bridgehead atoms. The molecule has 0 aliphatic carbocycles. The van der Waals surface area contributed by atoms with Crippen LogP contribution in [0.25, 0.3) is 0 Å². The van der Waals surface area contributed by atoms with Gasteiger partial charge in [0.05, 0.1) is 0 Å². The predicted octanol–water partition coefficient (Wildman–Crippen LogP) is 2.67. The van der Waals surface area contributed by atoms with Crippen molar-refractivity contribution >= 4 is 11.7 Å². The molecule has 1 rings (SSSR count). The van der Waals surface area contributed by atoms with Crippen LogP contribution in [0.5, 0.6) is 0 Å². The summed E-state index contributed by atoms with van der Waals surface area (Å²) in [6.07, 6.45) is 1.39. The van der Waals surface area contributed by atoms with Crippen LogP contribution >= 0.6 is 0 Å². The molecular formula is C12H16N2O. The Labute approximate surface area is 90.4 Å². The number of anilines is 1. The molecule has 1 aromatic carbocycles. The van der Waals surface area contributed by atoms with Crippen LogP contribution < -0.4 is 10.2 Å². The molecule has 0 spiro atoms. The second-order valence-corrected chi connectivity index (χ2v) is 3.24. The van der Waals surface area contributed by atoms with E-state index in [1.807, 2.05) is 38.1 Å². The average molecular weight is 204 g/mol. The van der Waals surface area contributed by atoms with E-state index in [1.165, 1.54) is 6.20 Å². The molecule has 80 valence electrons. The van der Waals surface area contributed by atoms with Crippen LogP contribution in [-0.2, 0) is 0 Å². The molecule has 0 unspecified atom stereocenters. The SMILES string of the molecule is C=CNC(=O)N(CC)c1cccc(C)c1. The van der Waals surface area contributed by atoms with E-state index in [-0.39, 0.29) is 6.03 Å². The quantitative estimate of drug-likeness (QED) is 0.806. The number of nitrogens with zero attached hydrogens (tertiary/aromatic N) is 1. The minimum absolute atomic E-state index is 0.155. The van der Waals surface area contributed by atoms with Gasteiger partial charge in [-0.1, -0.05) is 18.7 Å². The van der Waals surface area contributed by atoms with E-state index in [2.05, 4.69) is 11.9 Å². The van der Waals surface area contributed by atoms with Gasteiger partial charge in [0, 0.05) is 12.2 Å². The molecule has 3 heteroatoms. The van der Waals surface area contributed by atoms with Crippen molar-refractivity contribution in [2.45, 2.75) is 13.8 Å². The number of aryl methyl sites for hydroxylation is 1. The van der Waals surface area contributed by atoms with Gasteiger partial charge in [-0.3, -0.25) is 4.90 Å². The number of amides is 2. The molecule has 1 aromatic rings. The molecule has 0 aliphatic heterocycles. The maximum Gasteiger partial charge on any atom is 0.325 e. The lowest BCUT2D eigenvalue weighted by atomic mass is 10.2. The summed E-state index contributed by atoms with van der Waals surface area (Å²) >= 11 is 0. The number of rotatable bonds is 3. The zero-order chi connectivity index (χ0) is 11.3. The first kappa shape index (κ1) is 11.3. The summed E-state index contributed by atoms with van der Waals surface area (Å²) in [5, 5.41) is 2.57. The lowest BCUT2D eigenvalue weighted by molar-refractivity contribution is 0.249. The normalized spacial score (nSPS) is 9.47. The Kier molecular flexibility index (Phi) is 3.92. The van der Waals surface area contributed by atoms with E-state index in [0.717, 1.165) is 11.3 Å². The van der Waals surface area contributed by atoms with E-state index in [1.54, 1.807) is 4.90 Å². The van der Waals surface area contributed by atoms with Gasteiger partial charge in [0.15, 0.2) is 0 Å². The van der Waals surface area contributed by atoms with Gasteiger partial charge < -0.3 is 5.32 Å². The summed E-state index contributed by atoms with van der Waals surface area (Å²) in [6, 6.07) is 7.68. The van der Waals surface area contributed by atoms with Crippen molar-refractivity contribution in [1.82, 2.24) is 5.32 Å². The molecule has 0 fully saturated rings. The number of carbonyl (C=O) groups is 1. The molecule has 0 aliphatic rings. The molecule has 0 saturated carbocycles. The number of hydrogen-bond acceptors (Lipinski definition) is 1. The topological polar surface area (TPSA) is 32.3 Å². The van der Waals surface area contributed by atoms with Gasteiger partial charge in [-0.2, -0.15) is 0 Å². The number of nitrogens with one attached hydrogen (secondary N) is 1. The van der Waals surface area contributed by atoms with E-state index in [4.69, 9.17) is 0 Å². The third-order valence-corrected chi connectivity index (χ3v) is 2.10. The number of benzene rings is 1. The summed E-state index contributed by atoms with van der Waals surface area (Å²) < 4.78 is 0. The van der Waals surface area contributed by atoms with Crippen molar-refractivity contribution in [3.05, 3.63) is 42.6 Å². The smallest absolute Gasteiger partial charge is 0.315 e. The second-order valence-electron chi connectivity index (χ2n) is 3.24. The van der Waals surface area contributed by atoms with Crippen LogP contribution in [-0.4, -0.2) is 12.6 Å². The summed E-state index contributed by atoms with van der Waals surface area (Å²) in [4.78, 5) is 13.3. The molecule has 0 aromatic heterocycles. The average Bonchev–Trinajstić information content (AvgIpc) is 2.19. The highest BCUT2D eigenvalue weighted by Crippen LogP contribution is 2.15. The van der Waals surface area contributed by atoms with Crippen LogP contribution in [0.2, 0.25) is 0 Å². The highest BCUT2D eigenvalue weighted by Gasteiger charge is 2.11. The minimum atomic E-state index is -0.155. The maximum absolute atomic E-state index is 11.6.